The lowest BCUT2D eigenvalue weighted by Crippen LogP contribution is -2.37. The molecule has 0 bridgehead atoms. The van der Waals surface area contributed by atoms with Crippen LogP contribution in [-0.2, 0) is 6.54 Å². The number of nitrogens with zero attached hydrogens (tertiary/aromatic N) is 2. The van der Waals surface area contributed by atoms with Crippen molar-refractivity contribution in [2.75, 3.05) is 14.2 Å². The van der Waals surface area contributed by atoms with Crippen molar-refractivity contribution in [3.63, 3.8) is 0 Å². The normalized spacial score (nSPS) is 15.7. The minimum Gasteiger partial charge on any atom is -0.493 e. The standard InChI is InChI=1S/C25H28N4O4/c1-15-8-6-7-9-19(15)14-29-17(3)24(16(2)27-29)26-25(30)20-13-22(33-28-20)18-10-11-21(31-4)23(12-18)32-5/h6-13,16,27H,14H2,1-5H3,(H,26,30)/t16-/m1/s1. The molecule has 8 heteroatoms. The van der Waals surface area contributed by atoms with Gasteiger partial charge in [0, 0.05) is 17.3 Å². The zero-order valence-electron chi connectivity index (χ0n) is 19.4. The summed E-state index contributed by atoms with van der Waals surface area (Å²) in [5.41, 5.74) is 8.56. The lowest BCUT2D eigenvalue weighted by atomic mass is 10.1. The van der Waals surface area contributed by atoms with Crippen LogP contribution in [0.3, 0.4) is 0 Å². The summed E-state index contributed by atoms with van der Waals surface area (Å²) in [7, 11) is 3.14. The predicted octanol–water partition coefficient (Wildman–Crippen LogP) is 4.04. The number of nitrogens with one attached hydrogen (secondary N) is 2. The molecule has 0 saturated heterocycles. The Kier molecular flexibility index (Phi) is 6.37. The molecule has 2 aromatic carbocycles. The van der Waals surface area contributed by atoms with Gasteiger partial charge in [-0.2, -0.15) is 0 Å². The SMILES string of the molecule is COc1ccc(-c2cc(C(=O)NC3=C(C)N(Cc4ccccc4C)N[C@@H]3C)no2)cc1OC. The number of allylic oxidation sites excluding steroid dienone is 1. The molecule has 0 unspecified atom stereocenters. The maximum Gasteiger partial charge on any atom is 0.277 e. The van der Waals surface area contributed by atoms with Gasteiger partial charge in [0.2, 0.25) is 0 Å². The summed E-state index contributed by atoms with van der Waals surface area (Å²) in [5.74, 6) is 1.31. The van der Waals surface area contributed by atoms with Crippen LogP contribution in [0.2, 0.25) is 0 Å². The zero-order chi connectivity index (χ0) is 23.5. The van der Waals surface area contributed by atoms with Crippen LogP contribution in [0.1, 0.15) is 35.5 Å². The van der Waals surface area contributed by atoms with Crippen LogP contribution in [0.25, 0.3) is 11.3 Å². The number of carbonyl (C=O) groups is 1. The molecule has 0 fully saturated rings. The molecule has 4 rings (SSSR count). The largest absolute Gasteiger partial charge is 0.493 e. The maximum absolute atomic E-state index is 12.9. The van der Waals surface area contributed by atoms with Gasteiger partial charge in [0.1, 0.15) is 0 Å². The fourth-order valence-corrected chi connectivity index (χ4v) is 3.87. The van der Waals surface area contributed by atoms with E-state index in [9.17, 15) is 4.79 Å². The molecule has 2 heterocycles. The lowest BCUT2D eigenvalue weighted by molar-refractivity contribution is 0.0954. The lowest BCUT2D eigenvalue weighted by Gasteiger charge is -2.22. The smallest absolute Gasteiger partial charge is 0.277 e. The van der Waals surface area contributed by atoms with Gasteiger partial charge in [-0.25, -0.2) is 5.43 Å². The molecule has 1 aromatic heterocycles. The molecule has 0 aliphatic carbocycles. The topological polar surface area (TPSA) is 88.9 Å². The van der Waals surface area contributed by atoms with Gasteiger partial charge in [0.25, 0.3) is 5.91 Å². The van der Waals surface area contributed by atoms with Crippen molar-refractivity contribution in [3.8, 4) is 22.8 Å². The van der Waals surface area contributed by atoms with E-state index >= 15 is 0 Å². The third-order valence-corrected chi connectivity index (χ3v) is 5.83. The summed E-state index contributed by atoms with van der Waals surface area (Å²) in [6.07, 6.45) is 0. The highest BCUT2D eigenvalue weighted by Gasteiger charge is 2.28. The van der Waals surface area contributed by atoms with Gasteiger partial charge >= 0.3 is 0 Å². The Morgan fingerprint density at radius 2 is 1.88 bits per heavy atom. The maximum atomic E-state index is 12.9. The van der Waals surface area contributed by atoms with E-state index in [4.69, 9.17) is 14.0 Å². The molecular weight excluding hydrogens is 420 g/mol. The Hall–Kier alpha value is -3.78. The van der Waals surface area contributed by atoms with Crippen LogP contribution in [0.5, 0.6) is 11.5 Å². The number of aromatic nitrogens is 1. The minimum atomic E-state index is -0.328. The summed E-state index contributed by atoms with van der Waals surface area (Å²) < 4.78 is 16.0. The second kappa shape index (κ2) is 9.38. The molecule has 0 spiro atoms. The Balaban J connectivity index is 1.50. The second-order valence-corrected chi connectivity index (χ2v) is 7.96. The average molecular weight is 449 g/mol. The van der Waals surface area contributed by atoms with E-state index in [0.717, 1.165) is 17.0 Å². The highest BCUT2D eigenvalue weighted by molar-refractivity contribution is 5.94. The fraction of sp³-hybridized carbons (Fsp3) is 0.280. The number of hydrazine groups is 1. The Labute approximate surface area is 193 Å². The Morgan fingerprint density at radius 1 is 1.12 bits per heavy atom. The van der Waals surface area contributed by atoms with Crippen LogP contribution in [0, 0.1) is 6.92 Å². The van der Waals surface area contributed by atoms with Gasteiger partial charge in [-0.15, -0.1) is 0 Å². The molecule has 1 aliphatic rings. The molecule has 8 nitrogen and oxygen atoms in total. The van der Waals surface area contributed by atoms with Gasteiger partial charge in [0.05, 0.1) is 32.5 Å². The van der Waals surface area contributed by atoms with Gasteiger partial charge in [-0.3, -0.25) is 4.79 Å². The number of hydrogen-bond donors (Lipinski definition) is 2. The highest BCUT2D eigenvalue weighted by atomic mass is 16.5. The van der Waals surface area contributed by atoms with E-state index in [0.29, 0.717) is 23.8 Å². The number of carbonyl (C=O) groups excluding carboxylic acids is 1. The van der Waals surface area contributed by atoms with Crippen LogP contribution >= 0.6 is 0 Å². The van der Waals surface area contributed by atoms with Gasteiger partial charge in [-0.05, 0) is 50.1 Å². The number of hydrogen-bond acceptors (Lipinski definition) is 7. The van der Waals surface area contributed by atoms with E-state index in [-0.39, 0.29) is 17.6 Å². The van der Waals surface area contributed by atoms with Gasteiger partial charge in [0.15, 0.2) is 23.0 Å². The average Bonchev–Trinajstić information content (AvgIpc) is 3.41. The number of ether oxygens (including phenoxy) is 2. The van der Waals surface area contributed by atoms with Crippen molar-refractivity contribution < 1.29 is 18.8 Å². The first-order valence-corrected chi connectivity index (χ1v) is 10.7. The summed E-state index contributed by atoms with van der Waals surface area (Å²) in [6, 6.07) is 15.2. The van der Waals surface area contributed by atoms with E-state index in [1.807, 2.05) is 32.0 Å². The van der Waals surface area contributed by atoms with Crippen molar-refractivity contribution in [1.29, 1.82) is 0 Å². The quantitative estimate of drug-likeness (QED) is 0.564. The Morgan fingerprint density at radius 3 is 2.61 bits per heavy atom. The van der Waals surface area contributed by atoms with Crippen molar-refractivity contribution >= 4 is 5.91 Å². The van der Waals surface area contributed by atoms with Gasteiger partial charge < -0.3 is 24.3 Å². The molecule has 1 atom stereocenters. The number of methoxy groups -OCH3 is 2. The van der Waals surface area contributed by atoms with Crippen LogP contribution in [0.4, 0.5) is 0 Å². The van der Waals surface area contributed by atoms with Crippen molar-refractivity contribution in [1.82, 2.24) is 20.9 Å². The third-order valence-electron chi connectivity index (χ3n) is 5.83. The third kappa shape index (κ3) is 4.56. The molecule has 0 saturated carbocycles. The van der Waals surface area contributed by atoms with Gasteiger partial charge in [-0.1, -0.05) is 29.4 Å². The number of benzene rings is 2. The van der Waals surface area contributed by atoms with Crippen molar-refractivity contribution in [2.45, 2.75) is 33.4 Å². The molecule has 1 aliphatic heterocycles. The van der Waals surface area contributed by atoms with Crippen LogP contribution in [-0.4, -0.2) is 36.3 Å². The van der Waals surface area contributed by atoms with E-state index in [2.05, 4.69) is 40.0 Å². The summed E-state index contributed by atoms with van der Waals surface area (Å²) >= 11 is 0. The molecular formula is C25H28N4O4. The number of rotatable bonds is 7. The highest BCUT2D eigenvalue weighted by Crippen LogP contribution is 2.32. The first-order valence-electron chi connectivity index (χ1n) is 10.7. The first-order chi connectivity index (χ1) is 15.9. The summed E-state index contributed by atoms with van der Waals surface area (Å²) in [6.45, 7) is 6.80. The summed E-state index contributed by atoms with van der Waals surface area (Å²) in [4.78, 5) is 12.9. The van der Waals surface area contributed by atoms with Crippen LogP contribution in [0.15, 0.2) is 64.4 Å². The van der Waals surface area contributed by atoms with Crippen LogP contribution < -0.4 is 20.2 Å². The molecule has 1 amide bonds. The molecule has 172 valence electrons. The minimum absolute atomic E-state index is 0.0461. The molecule has 2 N–H and O–H groups in total. The second-order valence-electron chi connectivity index (χ2n) is 7.96. The molecule has 3 aromatic rings. The first kappa shape index (κ1) is 22.4. The van der Waals surface area contributed by atoms with Crippen molar-refractivity contribution in [3.05, 3.63) is 76.7 Å². The predicted molar refractivity (Wildman–Crippen MR) is 125 cm³/mol. The zero-order valence-corrected chi connectivity index (χ0v) is 19.4. The monoisotopic (exact) mass is 448 g/mol. The van der Waals surface area contributed by atoms with E-state index < -0.39 is 0 Å². The molecule has 33 heavy (non-hydrogen) atoms. The Bertz CT molecular complexity index is 1200. The number of aryl methyl sites for hydroxylation is 1. The fourth-order valence-electron chi connectivity index (χ4n) is 3.87. The number of amides is 1. The van der Waals surface area contributed by atoms with Crippen molar-refractivity contribution in [2.24, 2.45) is 0 Å². The van der Waals surface area contributed by atoms with E-state index in [1.54, 1.807) is 32.4 Å². The van der Waals surface area contributed by atoms with E-state index in [1.165, 1.54) is 11.1 Å². The summed E-state index contributed by atoms with van der Waals surface area (Å²) in [5, 5.41) is 9.02. The molecule has 0 radical (unpaired) electrons.